The van der Waals surface area contributed by atoms with Crippen molar-refractivity contribution in [3.63, 3.8) is 0 Å². The summed E-state index contributed by atoms with van der Waals surface area (Å²) in [5, 5.41) is 6.17. The molecular formula is C14H29F3IN5O2S. The Balaban J connectivity index is 0.00000625. The molecule has 156 valence electrons. The number of alkyl halides is 3. The third-order valence-electron chi connectivity index (χ3n) is 4.02. The summed E-state index contributed by atoms with van der Waals surface area (Å²) < 4.78 is 61.8. The van der Waals surface area contributed by atoms with Crippen LogP contribution < -0.4 is 10.6 Å². The first-order valence-corrected chi connectivity index (χ1v) is 9.88. The van der Waals surface area contributed by atoms with Gasteiger partial charge in [-0.25, -0.2) is 12.7 Å². The lowest BCUT2D eigenvalue weighted by molar-refractivity contribution is -0.143. The molecular weight excluding hydrogens is 486 g/mol. The number of sulfonamides is 1. The molecule has 0 saturated carbocycles. The van der Waals surface area contributed by atoms with Gasteiger partial charge in [-0.2, -0.15) is 13.2 Å². The van der Waals surface area contributed by atoms with E-state index in [0.717, 1.165) is 0 Å². The normalized spacial score (nSPS) is 19.5. The number of aliphatic imine (C=N–C) groups is 1. The van der Waals surface area contributed by atoms with Gasteiger partial charge < -0.3 is 10.6 Å². The van der Waals surface area contributed by atoms with E-state index in [4.69, 9.17) is 0 Å². The monoisotopic (exact) mass is 515 g/mol. The van der Waals surface area contributed by atoms with E-state index in [0.29, 0.717) is 45.0 Å². The molecule has 2 N–H and O–H groups in total. The smallest absolute Gasteiger partial charge is 0.356 e. The fraction of sp³-hybridized carbons (Fsp3) is 0.929. The van der Waals surface area contributed by atoms with Crippen molar-refractivity contribution >= 4 is 40.0 Å². The first-order chi connectivity index (χ1) is 11.6. The fourth-order valence-electron chi connectivity index (χ4n) is 2.60. The molecule has 1 rings (SSSR count). The Labute approximate surface area is 170 Å². The molecule has 7 nitrogen and oxygen atoms in total. The average molecular weight is 515 g/mol. The minimum Gasteiger partial charge on any atom is -0.356 e. The number of hydrogen-bond donors (Lipinski definition) is 2. The minimum atomic E-state index is -4.18. The molecule has 0 spiro atoms. The molecule has 0 bridgehead atoms. The Kier molecular flexibility index (Phi) is 11.3. The molecule has 0 aromatic rings. The van der Waals surface area contributed by atoms with E-state index in [-0.39, 0.29) is 35.8 Å². The third-order valence-corrected chi connectivity index (χ3v) is 5.88. The van der Waals surface area contributed by atoms with Crippen LogP contribution in [0.25, 0.3) is 0 Å². The van der Waals surface area contributed by atoms with Crippen molar-refractivity contribution in [2.45, 2.75) is 32.0 Å². The van der Waals surface area contributed by atoms with Crippen molar-refractivity contribution in [2.24, 2.45) is 4.99 Å². The molecule has 0 amide bonds. The first-order valence-electron chi connectivity index (χ1n) is 8.27. The van der Waals surface area contributed by atoms with Crippen LogP contribution in [0.5, 0.6) is 0 Å². The molecule has 0 aliphatic carbocycles. The zero-order valence-electron chi connectivity index (χ0n) is 15.3. The third kappa shape index (κ3) is 9.55. The Morgan fingerprint density at radius 3 is 2.58 bits per heavy atom. The molecule has 1 aliphatic heterocycles. The van der Waals surface area contributed by atoms with Gasteiger partial charge in [-0.15, -0.1) is 24.0 Å². The Hall–Kier alpha value is -0.340. The van der Waals surface area contributed by atoms with Gasteiger partial charge in [0.15, 0.2) is 5.96 Å². The van der Waals surface area contributed by atoms with Gasteiger partial charge in [0.05, 0.1) is 12.3 Å². The predicted octanol–water partition coefficient (Wildman–Crippen LogP) is 1.08. The molecule has 1 atom stereocenters. The molecule has 1 saturated heterocycles. The van der Waals surface area contributed by atoms with Crippen molar-refractivity contribution < 1.29 is 21.6 Å². The second kappa shape index (κ2) is 11.5. The lowest BCUT2D eigenvalue weighted by atomic mass is 10.3. The number of likely N-dealkylation sites (tertiary alicyclic amines) is 1. The number of guanidine groups is 1. The van der Waals surface area contributed by atoms with Gasteiger partial charge in [0.1, 0.15) is 0 Å². The molecule has 0 aromatic carbocycles. The van der Waals surface area contributed by atoms with Crippen molar-refractivity contribution in [3.8, 4) is 0 Å². The van der Waals surface area contributed by atoms with Crippen molar-refractivity contribution in [3.05, 3.63) is 0 Å². The summed E-state index contributed by atoms with van der Waals surface area (Å²) in [6, 6.07) is -0.0864. The van der Waals surface area contributed by atoms with E-state index >= 15 is 0 Å². The summed E-state index contributed by atoms with van der Waals surface area (Å²) in [6.07, 6.45) is -2.96. The number of rotatable bonds is 8. The Morgan fingerprint density at radius 2 is 2.04 bits per heavy atom. The van der Waals surface area contributed by atoms with Crippen LogP contribution in [0.3, 0.4) is 0 Å². The SMILES string of the molecule is CCS(=O)(=O)N(C)CCCNC(=NC)NC1CCN(CC(F)(F)F)C1.I. The minimum absolute atomic E-state index is 0. The number of hydrogen-bond acceptors (Lipinski definition) is 4. The van der Waals surface area contributed by atoms with Gasteiger partial charge in [-0.3, -0.25) is 9.89 Å². The van der Waals surface area contributed by atoms with Crippen LogP contribution in [0.4, 0.5) is 13.2 Å². The molecule has 12 heteroatoms. The maximum Gasteiger partial charge on any atom is 0.401 e. The summed E-state index contributed by atoms with van der Waals surface area (Å²) in [5.41, 5.74) is 0. The van der Waals surface area contributed by atoms with Crippen LogP contribution in [0, 0.1) is 0 Å². The molecule has 0 radical (unpaired) electrons. The Morgan fingerprint density at radius 1 is 1.38 bits per heavy atom. The van der Waals surface area contributed by atoms with Crippen LogP contribution in [-0.4, -0.2) is 88.4 Å². The molecule has 26 heavy (non-hydrogen) atoms. The van der Waals surface area contributed by atoms with E-state index in [1.807, 2.05) is 0 Å². The fourth-order valence-corrected chi connectivity index (χ4v) is 3.45. The van der Waals surface area contributed by atoms with Crippen LogP contribution in [-0.2, 0) is 10.0 Å². The average Bonchev–Trinajstić information content (AvgIpc) is 2.94. The standard InChI is InChI=1S/C14H28F3N5O2S.HI/c1-4-25(23,24)21(3)8-5-7-19-13(18-2)20-12-6-9-22(10-12)11-14(15,16)17;/h12H,4-11H2,1-3H3,(H2,18,19,20);1H. The van der Waals surface area contributed by atoms with Gasteiger partial charge in [-0.1, -0.05) is 0 Å². The van der Waals surface area contributed by atoms with E-state index < -0.39 is 22.7 Å². The van der Waals surface area contributed by atoms with Gasteiger partial charge >= 0.3 is 6.18 Å². The summed E-state index contributed by atoms with van der Waals surface area (Å²) >= 11 is 0. The second-order valence-corrected chi connectivity index (χ2v) is 8.42. The highest BCUT2D eigenvalue weighted by molar-refractivity contribution is 14.0. The van der Waals surface area contributed by atoms with Crippen LogP contribution in [0.2, 0.25) is 0 Å². The summed E-state index contributed by atoms with van der Waals surface area (Å²) in [7, 11) is -0.0519. The van der Waals surface area contributed by atoms with E-state index in [9.17, 15) is 21.6 Å². The molecule has 1 aliphatic rings. The Bertz CT molecular complexity index is 545. The van der Waals surface area contributed by atoms with Crippen molar-refractivity contribution in [1.82, 2.24) is 19.8 Å². The number of nitrogens with zero attached hydrogens (tertiary/aromatic N) is 3. The highest BCUT2D eigenvalue weighted by atomic mass is 127. The number of nitrogens with one attached hydrogen (secondary N) is 2. The predicted molar refractivity (Wildman–Crippen MR) is 108 cm³/mol. The zero-order chi connectivity index (χ0) is 19.1. The molecule has 1 heterocycles. The van der Waals surface area contributed by atoms with Crippen LogP contribution >= 0.6 is 24.0 Å². The summed E-state index contributed by atoms with van der Waals surface area (Å²) in [6.45, 7) is 2.33. The van der Waals surface area contributed by atoms with Gasteiger partial charge in [-0.05, 0) is 19.8 Å². The first kappa shape index (κ1) is 25.7. The maximum atomic E-state index is 12.4. The molecule has 1 unspecified atom stereocenters. The second-order valence-electron chi connectivity index (χ2n) is 6.05. The van der Waals surface area contributed by atoms with Crippen molar-refractivity contribution in [2.75, 3.05) is 52.6 Å². The lowest BCUT2D eigenvalue weighted by Gasteiger charge is -2.20. The molecule has 1 fully saturated rings. The highest BCUT2D eigenvalue weighted by Gasteiger charge is 2.34. The van der Waals surface area contributed by atoms with Crippen LogP contribution in [0.1, 0.15) is 19.8 Å². The zero-order valence-corrected chi connectivity index (χ0v) is 18.5. The quantitative estimate of drug-likeness (QED) is 0.219. The highest BCUT2D eigenvalue weighted by Crippen LogP contribution is 2.19. The van der Waals surface area contributed by atoms with Gasteiger partial charge in [0.25, 0.3) is 0 Å². The summed E-state index contributed by atoms with van der Waals surface area (Å²) in [5.74, 6) is 0.579. The maximum absolute atomic E-state index is 12.4. The number of halogens is 4. The van der Waals surface area contributed by atoms with Gasteiger partial charge in [0.2, 0.25) is 10.0 Å². The molecule has 0 aromatic heterocycles. The van der Waals surface area contributed by atoms with Gasteiger partial charge in [0, 0.05) is 46.3 Å². The van der Waals surface area contributed by atoms with Crippen LogP contribution in [0.15, 0.2) is 4.99 Å². The van der Waals surface area contributed by atoms with E-state index in [1.54, 1.807) is 21.0 Å². The lowest BCUT2D eigenvalue weighted by Crippen LogP contribution is -2.45. The largest absolute Gasteiger partial charge is 0.401 e. The van der Waals surface area contributed by atoms with Crippen molar-refractivity contribution in [1.29, 1.82) is 0 Å². The topological polar surface area (TPSA) is 77.0 Å². The summed E-state index contributed by atoms with van der Waals surface area (Å²) in [4.78, 5) is 5.43. The van der Waals surface area contributed by atoms with E-state index in [2.05, 4.69) is 15.6 Å². The van der Waals surface area contributed by atoms with E-state index in [1.165, 1.54) is 9.21 Å².